The molecule has 1 aromatic rings. The highest BCUT2D eigenvalue weighted by molar-refractivity contribution is 5.67. The third kappa shape index (κ3) is 10.6. The average Bonchev–Trinajstić information content (AvgIpc) is 2.24. The van der Waals surface area contributed by atoms with E-state index in [0.29, 0.717) is 12.8 Å². The maximum Gasteiger partial charge on any atom is 0.303 e. The molecular formula is C13H19NO4. The molecule has 1 rings (SSSR count). The number of rotatable bonds is 5. The average molecular weight is 253 g/mol. The number of pyridine rings is 1. The number of aryl methyl sites for hydroxylation is 2. The summed E-state index contributed by atoms with van der Waals surface area (Å²) in [5.74, 6) is -1.74. The zero-order chi connectivity index (χ0) is 14.0. The van der Waals surface area contributed by atoms with Crippen molar-refractivity contribution in [1.82, 2.24) is 4.98 Å². The van der Waals surface area contributed by atoms with E-state index in [4.69, 9.17) is 10.2 Å². The van der Waals surface area contributed by atoms with Crippen LogP contribution in [0.15, 0.2) is 18.2 Å². The van der Waals surface area contributed by atoms with E-state index in [0.717, 1.165) is 11.4 Å². The molecule has 0 bridgehead atoms. The van der Waals surface area contributed by atoms with Crippen molar-refractivity contribution in [2.24, 2.45) is 0 Å². The predicted octanol–water partition coefficient (Wildman–Crippen LogP) is 2.41. The number of carbonyl (C=O) groups is 2. The lowest BCUT2D eigenvalue weighted by atomic mass is 10.2. The number of aromatic nitrogens is 1. The highest BCUT2D eigenvalue weighted by Crippen LogP contribution is 1.98. The second kappa shape index (κ2) is 9.15. The number of hydrogen-bond donors (Lipinski definition) is 2. The van der Waals surface area contributed by atoms with Gasteiger partial charge in [-0.15, -0.1) is 0 Å². The molecule has 0 spiro atoms. The Balaban J connectivity index is 0.000000327. The van der Waals surface area contributed by atoms with Gasteiger partial charge in [0.2, 0.25) is 0 Å². The van der Waals surface area contributed by atoms with Crippen molar-refractivity contribution in [2.75, 3.05) is 0 Å². The van der Waals surface area contributed by atoms with Gasteiger partial charge in [0.25, 0.3) is 0 Å². The Labute approximate surface area is 106 Å². The van der Waals surface area contributed by atoms with E-state index in [1.165, 1.54) is 0 Å². The molecule has 0 atom stereocenters. The molecule has 0 radical (unpaired) electrons. The molecule has 5 nitrogen and oxygen atoms in total. The summed E-state index contributed by atoms with van der Waals surface area (Å²) in [7, 11) is 0. The molecule has 0 amide bonds. The second-order valence-corrected chi connectivity index (χ2v) is 3.91. The number of carboxylic acid groups (broad SMARTS) is 2. The highest BCUT2D eigenvalue weighted by atomic mass is 16.4. The van der Waals surface area contributed by atoms with Gasteiger partial charge in [0.1, 0.15) is 0 Å². The van der Waals surface area contributed by atoms with Gasteiger partial charge in [0.15, 0.2) is 0 Å². The minimum Gasteiger partial charge on any atom is -0.481 e. The quantitative estimate of drug-likeness (QED) is 0.787. The van der Waals surface area contributed by atoms with Crippen LogP contribution in [0.2, 0.25) is 0 Å². The summed E-state index contributed by atoms with van der Waals surface area (Å²) in [4.78, 5) is 24.0. The van der Waals surface area contributed by atoms with Crippen LogP contribution in [0, 0.1) is 13.8 Å². The van der Waals surface area contributed by atoms with Crippen LogP contribution in [-0.2, 0) is 9.59 Å². The van der Waals surface area contributed by atoms with Crippen molar-refractivity contribution in [3.8, 4) is 0 Å². The summed E-state index contributed by atoms with van der Waals surface area (Å²) in [5, 5.41) is 16.3. The lowest BCUT2D eigenvalue weighted by Gasteiger charge is -1.92. The summed E-state index contributed by atoms with van der Waals surface area (Å²) >= 11 is 0. The number of aliphatic carboxylic acids is 2. The van der Waals surface area contributed by atoms with Crippen molar-refractivity contribution in [1.29, 1.82) is 0 Å². The van der Waals surface area contributed by atoms with Gasteiger partial charge in [-0.2, -0.15) is 0 Å². The first-order valence-electron chi connectivity index (χ1n) is 5.75. The molecule has 1 aromatic heterocycles. The molecule has 2 N–H and O–H groups in total. The molecule has 0 aliphatic heterocycles. The van der Waals surface area contributed by atoms with E-state index in [9.17, 15) is 9.59 Å². The number of nitrogens with zero attached hydrogens (tertiary/aromatic N) is 1. The second-order valence-electron chi connectivity index (χ2n) is 3.91. The van der Waals surface area contributed by atoms with Crippen LogP contribution in [0.3, 0.4) is 0 Å². The smallest absolute Gasteiger partial charge is 0.303 e. The predicted molar refractivity (Wildman–Crippen MR) is 67.5 cm³/mol. The van der Waals surface area contributed by atoms with E-state index in [1.54, 1.807) is 0 Å². The zero-order valence-corrected chi connectivity index (χ0v) is 10.7. The number of carboxylic acids is 2. The first-order valence-corrected chi connectivity index (χ1v) is 5.75. The fourth-order valence-electron chi connectivity index (χ4n) is 1.23. The first kappa shape index (κ1) is 16.1. The van der Waals surface area contributed by atoms with E-state index < -0.39 is 11.9 Å². The highest BCUT2D eigenvalue weighted by Gasteiger charge is 1.99. The molecule has 0 saturated carbocycles. The zero-order valence-electron chi connectivity index (χ0n) is 10.7. The summed E-state index contributed by atoms with van der Waals surface area (Å²) in [5.41, 5.74) is 2.18. The fourth-order valence-corrected chi connectivity index (χ4v) is 1.23. The Kier molecular flexibility index (Phi) is 8.18. The van der Waals surface area contributed by atoms with Crippen LogP contribution in [-0.4, -0.2) is 27.1 Å². The Bertz CT molecular complexity index is 357. The van der Waals surface area contributed by atoms with Crippen LogP contribution in [0.4, 0.5) is 0 Å². The molecule has 0 aliphatic carbocycles. The van der Waals surface area contributed by atoms with E-state index in [2.05, 4.69) is 4.98 Å². The molecule has 1 heterocycles. The molecule has 0 unspecified atom stereocenters. The van der Waals surface area contributed by atoms with E-state index in [-0.39, 0.29) is 12.8 Å². The normalized spacial score (nSPS) is 9.22. The largest absolute Gasteiger partial charge is 0.481 e. The van der Waals surface area contributed by atoms with Gasteiger partial charge in [0, 0.05) is 24.2 Å². The topological polar surface area (TPSA) is 87.5 Å². The molecule has 0 aliphatic rings. The first-order chi connectivity index (χ1) is 8.41. The van der Waals surface area contributed by atoms with Crippen LogP contribution >= 0.6 is 0 Å². The molecule has 100 valence electrons. The fraction of sp³-hybridized carbons (Fsp3) is 0.462. The Morgan fingerprint density at radius 3 is 1.61 bits per heavy atom. The van der Waals surface area contributed by atoms with Gasteiger partial charge in [-0.1, -0.05) is 6.07 Å². The van der Waals surface area contributed by atoms with Crippen molar-refractivity contribution >= 4 is 11.9 Å². The standard InChI is InChI=1S/C7H9N.C6H10O4/c1-6-4-3-5-7(2)8-6;7-5(8)3-1-2-4-6(9)10/h3-5H,1-2H3;1-4H2,(H,7,8)(H,9,10). The van der Waals surface area contributed by atoms with Crippen molar-refractivity contribution in [3.63, 3.8) is 0 Å². The van der Waals surface area contributed by atoms with Crippen molar-refractivity contribution < 1.29 is 19.8 Å². The third-order valence-corrected chi connectivity index (χ3v) is 2.06. The molecule has 0 aromatic carbocycles. The van der Waals surface area contributed by atoms with Gasteiger partial charge in [0.05, 0.1) is 0 Å². The summed E-state index contributed by atoms with van der Waals surface area (Å²) in [6, 6.07) is 6.00. The minimum atomic E-state index is -0.870. The Morgan fingerprint density at radius 1 is 1.00 bits per heavy atom. The lowest BCUT2D eigenvalue weighted by Crippen LogP contribution is -1.97. The van der Waals surface area contributed by atoms with Crippen molar-refractivity contribution in [2.45, 2.75) is 39.5 Å². The molecule has 5 heteroatoms. The Hall–Kier alpha value is -1.91. The molecular weight excluding hydrogens is 234 g/mol. The van der Waals surface area contributed by atoms with Gasteiger partial charge in [-0.3, -0.25) is 14.6 Å². The lowest BCUT2D eigenvalue weighted by molar-refractivity contribution is -0.139. The van der Waals surface area contributed by atoms with Crippen LogP contribution < -0.4 is 0 Å². The van der Waals surface area contributed by atoms with E-state index >= 15 is 0 Å². The molecule has 0 fully saturated rings. The van der Waals surface area contributed by atoms with Gasteiger partial charge in [-0.25, -0.2) is 0 Å². The third-order valence-electron chi connectivity index (χ3n) is 2.06. The van der Waals surface area contributed by atoms with Crippen LogP contribution in [0.1, 0.15) is 37.1 Å². The van der Waals surface area contributed by atoms with Crippen LogP contribution in [0.25, 0.3) is 0 Å². The monoisotopic (exact) mass is 253 g/mol. The summed E-state index contributed by atoms with van der Waals surface area (Å²) in [6.45, 7) is 3.99. The molecule has 0 saturated heterocycles. The summed E-state index contributed by atoms with van der Waals surface area (Å²) < 4.78 is 0. The molecule has 18 heavy (non-hydrogen) atoms. The number of unbranched alkanes of at least 4 members (excludes halogenated alkanes) is 1. The van der Waals surface area contributed by atoms with Gasteiger partial charge < -0.3 is 10.2 Å². The van der Waals surface area contributed by atoms with Gasteiger partial charge in [-0.05, 0) is 38.8 Å². The van der Waals surface area contributed by atoms with E-state index in [1.807, 2.05) is 32.0 Å². The number of hydrogen-bond acceptors (Lipinski definition) is 3. The summed E-state index contributed by atoms with van der Waals surface area (Å²) in [6.07, 6.45) is 1.02. The SMILES string of the molecule is Cc1cccc(C)n1.O=C(O)CCCCC(=O)O. The maximum absolute atomic E-state index is 9.90. The van der Waals surface area contributed by atoms with Crippen LogP contribution in [0.5, 0.6) is 0 Å². The Morgan fingerprint density at radius 2 is 1.39 bits per heavy atom. The van der Waals surface area contributed by atoms with Gasteiger partial charge >= 0.3 is 11.9 Å². The minimum absolute atomic E-state index is 0.0628. The maximum atomic E-state index is 9.90. The van der Waals surface area contributed by atoms with Crippen molar-refractivity contribution in [3.05, 3.63) is 29.6 Å².